The lowest BCUT2D eigenvalue weighted by molar-refractivity contribution is 0.0186. The van der Waals surface area contributed by atoms with Gasteiger partial charge in [0.2, 0.25) is 0 Å². The number of aromatic nitrogens is 1. The Morgan fingerprint density at radius 1 is 1.30 bits per heavy atom. The van der Waals surface area contributed by atoms with Crippen molar-refractivity contribution in [1.29, 1.82) is 0 Å². The van der Waals surface area contributed by atoms with Crippen molar-refractivity contribution in [1.82, 2.24) is 4.98 Å². The molecule has 2 heterocycles. The van der Waals surface area contributed by atoms with Gasteiger partial charge in [-0.05, 0) is 44.0 Å². The highest BCUT2D eigenvalue weighted by atomic mass is 32.1. The number of nitrogens with zero attached hydrogens (tertiary/aromatic N) is 1. The van der Waals surface area contributed by atoms with Gasteiger partial charge in [0.1, 0.15) is 5.75 Å². The maximum atomic E-state index is 5.61. The molecular formula is C16H19NO2S. The summed E-state index contributed by atoms with van der Waals surface area (Å²) in [5.41, 5.74) is 2.21. The average Bonchev–Trinajstić information content (AvgIpc) is 2.97. The molecule has 0 bridgehead atoms. The van der Waals surface area contributed by atoms with E-state index < -0.39 is 0 Å². The van der Waals surface area contributed by atoms with Crippen LogP contribution < -0.4 is 4.74 Å². The van der Waals surface area contributed by atoms with Gasteiger partial charge < -0.3 is 9.47 Å². The summed E-state index contributed by atoms with van der Waals surface area (Å²) in [6.45, 7) is 2.99. The average molecular weight is 289 g/mol. The first-order valence-electron chi connectivity index (χ1n) is 6.97. The Morgan fingerprint density at radius 3 is 2.80 bits per heavy atom. The second-order valence-electron chi connectivity index (χ2n) is 5.20. The fourth-order valence-corrected chi connectivity index (χ4v) is 3.57. The molecule has 0 aliphatic carbocycles. The van der Waals surface area contributed by atoms with Crippen molar-refractivity contribution >= 4 is 11.3 Å². The molecule has 2 atom stereocenters. The summed E-state index contributed by atoms with van der Waals surface area (Å²) in [5.74, 6) is 1.43. The van der Waals surface area contributed by atoms with E-state index in [0.717, 1.165) is 36.5 Å². The zero-order valence-electron chi connectivity index (χ0n) is 11.8. The zero-order valence-corrected chi connectivity index (χ0v) is 12.7. The summed E-state index contributed by atoms with van der Waals surface area (Å²) in [5, 5.41) is 3.39. The minimum Gasteiger partial charge on any atom is -0.497 e. The first kappa shape index (κ1) is 13.6. The minimum atomic E-state index is 0.349. The van der Waals surface area contributed by atoms with Crippen LogP contribution in [-0.2, 0) is 4.74 Å². The third-order valence-electron chi connectivity index (χ3n) is 3.74. The van der Waals surface area contributed by atoms with Crippen molar-refractivity contribution in [2.75, 3.05) is 13.7 Å². The smallest absolute Gasteiger partial charge is 0.118 e. The van der Waals surface area contributed by atoms with Crippen molar-refractivity contribution in [3.63, 3.8) is 0 Å². The van der Waals surface area contributed by atoms with Crippen LogP contribution in [0.2, 0.25) is 0 Å². The largest absolute Gasteiger partial charge is 0.497 e. The van der Waals surface area contributed by atoms with Gasteiger partial charge in [-0.25, -0.2) is 4.98 Å². The molecule has 1 aliphatic rings. The second-order valence-corrected chi connectivity index (χ2v) is 6.09. The predicted octanol–water partition coefficient (Wildman–Crippen LogP) is 4.10. The molecule has 0 amide bonds. The van der Waals surface area contributed by atoms with Gasteiger partial charge in [0.15, 0.2) is 0 Å². The van der Waals surface area contributed by atoms with Crippen LogP contribution in [-0.4, -0.2) is 24.8 Å². The Labute approximate surface area is 123 Å². The van der Waals surface area contributed by atoms with E-state index in [2.05, 4.69) is 24.4 Å². The van der Waals surface area contributed by atoms with Gasteiger partial charge in [-0.1, -0.05) is 0 Å². The molecule has 2 aromatic rings. The molecule has 0 saturated carbocycles. The summed E-state index contributed by atoms with van der Waals surface area (Å²) >= 11 is 1.76. The molecule has 20 heavy (non-hydrogen) atoms. The van der Waals surface area contributed by atoms with E-state index in [1.807, 2.05) is 12.1 Å². The lowest BCUT2D eigenvalue weighted by Gasteiger charge is -2.25. The lowest BCUT2D eigenvalue weighted by atomic mass is 9.97. The van der Waals surface area contributed by atoms with Crippen molar-refractivity contribution in [3.05, 3.63) is 34.7 Å². The fraction of sp³-hybridized carbons (Fsp3) is 0.438. The molecule has 1 saturated heterocycles. The van der Waals surface area contributed by atoms with E-state index in [9.17, 15) is 0 Å². The van der Waals surface area contributed by atoms with Crippen molar-refractivity contribution < 1.29 is 9.47 Å². The first-order valence-corrected chi connectivity index (χ1v) is 7.85. The number of rotatable bonds is 3. The number of benzene rings is 1. The molecule has 3 rings (SSSR count). The Morgan fingerprint density at radius 2 is 2.10 bits per heavy atom. The predicted molar refractivity (Wildman–Crippen MR) is 81.5 cm³/mol. The summed E-state index contributed by atoms with van der Waals surface area (Å²) in [7, 11) is 1.68. The Bertz CT molecular complexity index is 564. The number of ether oxygens (including phenoxy) is 2. The Balaban J connectivity index is 1.78. The van der Waals surface area contributed by atoms with E-state index in [1.54, 1.807) is 18.4 Å². The molecule has 3 nitrogen and oxygen atoms in total. The summed E-state index contributed by atoms with van der Waals surface area (Å²) in [6.07, 6.45) is 2.51. The summed E-state index contributed by atoms with van der Waals surface area (Å²) < 4.78 is 10.8. The van der Waals surface area contributed by atoms with E-state index in [-0.39, 0.29) is 0 Å². The molecule has 0 radical (unpaired) electrons. The van der Waals surface area contributed by atoms with E-state index >= 15 is 0 Å². The number of thiazole rings is 1. The quantitative estimate of drug-likeness (QED) is 0.852. The van der Waals surface area contributed by atoms with Gasteiger partial charge in [-0.3, -0.25) is 0 Å². The van der Waals surface area contributed by atoms with Crippen LogP contribution in [0.1, 0.15) is 30.7 Å². The van der Waals surface area contributed by atoms with Crippen LogP contribution in [0.25, 0.3) is 11.3 Å². The van der Waals surface area contributed by atoms with Gasteiger partial charge in [0.05, 0.1) is 23.9 Å². The molecule has 1 aromatic heterocycles. The van der Waals surface area contributed by atoms with Crippen molar-refractivity contribution in [3.8, 4) is 17.0 Å². The van der Waals surface area contributed by atoms with Gasteiger partial charge in [-0.2, -0.15) is 0 Å². The Hall–Kier alpha value is -1.39. The maximum absolute atomic E-state index is 5.61. The van der Waals surface area contributed by atoms with E-state index in [1.165, 1.54) is 5.01 Å². The van der Waals surface area contributed by atoms with Crippen molar-refractivity contribution in [2.24, 2.45) is 0 Å². The van der Waals surface area contributed by atoms with Crippen LogP contribution in [0.4, 0.5) is 0 Å². The highest BCUT2D eigenvalue weighted by Gasteiger charge is 2.23. The normalized spacial score (nSPS) is 22.7. The summed E-state index contributed by atoms with van der Waals surface area (Å²) in [4.78, 5) is 4.82. The zero-order chi connectivity index (χ0) is 13.9. The first-order chi connectivity index (χ1) is 9.76. The van der Waals surface area contributed by atoms with Gasteiger partial charge in [0, 0.05) is 23.5 Å². The highest BCUT2D eigenvalue weighted by molar-refractivity contribution is 7.10. The van der Waals surface area contributed by atoms with Crippen LogP contribution in [0.15, 0.2) is 29.6 Å². The number of hydrogen-bond acceptors (Lipinski definition) is 4. The van der Waals surface area contributed by atoms with Crippen LogP contribution >= 0.6 is 11.3 Å². The van der Waals surface area contributed by atoms with E-state index in [0.29, 0.717) is 12.0 Å². The highest BCUT2D eigenvalue weighted by Crippen LogP contribution is 2.34. The molecule has 0 N–H and O–H groups in total. The standard InChI is InChI=1S/C16H19NO2S/c1-11-9-13(7-8-19-11)16-17-15(10-20-16)12-3-5-14(18-2)6-4-12/h3-6,10-11,13H,7-9H2,1-2H3/t11-,13-/m1/s1. The number of methoxy groups -OCH3 is 1. The summed E-state index contributed by atoms with van der Waals surface area (Å²) in [6, 6.07) is 8.07. The minimum absolute atomic E-state index is 0.349. The van der Waals surface area contributed by atoms with Crippen molar-refractivity contribution in [2.45, 2.75) is 31.8 Å². The SMILES string of the molecule is COc1ccc(-c2csc([C@@H]3CCO[C@H](C)C3)n2)cc1. The van der Waals surface area contributed by atoms with E-state index in [4.69, 9.17) is 14.5 Å². The molecule has 0 unspecified atom stereocenters. The van der Waals surface area contributed by atoms with Crippen LogP contribution in [0.3, 0.4) is 0 Å². The topological polar surface area (TPSA) is 31.4 Å². The third-order valence-corrected chi connectivity index (χ3v) is 4.75. The molecule has 4 heteroatoms. The van der Waals surface area contributed by atoms with Gasteiger partial charge in [-0.15, -0.1) is 11.3 Å². The van der Waals surface area contributed by atoms with Gasteiger partial charge in [0.25, 0.3) is 0 Å². The molecule has 1 aromatic carbocycles. The molecule has 1 fully saturated rings. The van der Waals surface area contributed by atoms with Gasteiger partial charge >= 0.3 is 0 Å². The lowest BCUT2D eigenvalue weighted by Crippen LogP contribution is -2.21. The van der Waals surface area contributed by atoms with Crippen LogP contribution in [0, 0.1) is 0 Å². The Kier molecular flexibility index (Phi) is 4.03. The third kappa shape index (κ3) is 2.86. The molecular weight excluding hydrogens is 270 g/mol. The molecule has 0 spiro atoms. The monoisotopic (exact) mass is 289 g/mol. The second kappa shape index (κ2) is 5.94. The van der Waals surface area contributed by atoms with Crippen LogP contribution in [0.5, 0.6) is 5.75 Å². The number of hydrogen-bond donors (Lipinski definition) is 0. The molecule has 1 aliphatic heterocycles. The molecule has 106 valence electrons. The maximum Gasteiger partial charge on any atom is 0.118 e. The fourth-order valence-electron chi connectivity index (χ4n) is 2.59.